The Morgan fingerprint density at radius 1 is 0.800 bits per heavy atom. The van der Waals surface area contributed by atoms with Gasteiger partial charge in [0, 0.05) is 17.3 Å². The van der Waals surface area contributed by atoms with Gasteiger partial charge < -0.3 is 14.6 Å². The first-order chi connectivity index (χ1) is 14.6. The fourth-order valence-electron chi connectivity index (χ4n) is 3.42. The number of esters is 1. The highest BCUT2D eigenvalue weighted by molar-refractivity contribution is 5.94. The molecule has 0 unspecified atom stereocenters. The van der Waals surface area contributed by atoms with Gasteiger partial charge in [0.1, 0.15) is 6.54 Å². The maximum atomic E-state index is 12.7. The Hall–Kier alpha value is -3.93. The molecule has 6 heteroatoms. The molecule has 0 radical (unpaired) electrons. The lowest BCUT2D eigenvalue weighted by Crippen LogP contribution is -2.29. The Bertz CT molecular complexity index is 1220. The monoisotopic (exact) mass is 400 g/mol. The van der Waals surface area contributed by atoms with E-state index in [1.54, 1.807) is 41.0 Å². The summed E-state index contributed by atoms with van der Waals surface area (Å²) in [4.78, 5) is 37.2. The van der Waals surface area contributed by atoms with Gasteiger partial charge in [-0.05, 0) is 29.8 Å². The van der Waals surface area contributed by atoms with Crippen molar-refractivity contribution in [3.05, 3.63) is 94.6 Å². The van der Waals surface area contributed by atoms with Crippen LogP contribution in [0, 0.1) is 0 Å². The SMILES string of the molecule is O=C(COC(=O)Cn1c2ccccc2c(=O)c2ccccc21)NCc1ccccc1. The van der Waals surface area contributed by atoms with Crippen LogP contribution in [0.15, 0.2) is 83.7 Å². The van der Waals surface area contributed by atoms with Crippen molar-refractivity contribution in [2.45, 2.75) is 13.1 Å². The van der Waals surface area contributed by atoms with Gasteiger partial charge in [-0.15, -0.1) is 0 Å². The summed E-state index contributed by atoms with van der Waals surface area (Å²) in [5, 5.41) is 3.78. The largest absolute Gasteiger partial charge is 0.454 e. The maximum Gasteiger partial charge on any atom is 0.326 e. The predicted molar refractivity (Wildman–Crippen MR) is 115 cm³/mol. The van der Waals surface area contributed by atoms with Crippen LogP contribution in [0.2, 0.25) is 0 Å². The van der Waals surface area contributed by atoms with Gasteiger partial charge in [0.25, 0.3) is 5.91 Å². The van der Waals surface area contributed by atoms with Crippen LogP contribution in [0.4, 0.5) is 0 Å². The van der Waals surface area contributed by atoms with Crippen molar-refractivity contribution >= 4 is 33.7 Å². The molecular formula is C24H20N2O4. The molecule has 0 saturated heterocycles. The van der Waals surface area contributed by atoms with E-state index in [4.69, 9.17) is 4.74 Å². The van der Waals surface area contributed by atoms with Crippen molar-refractivity contribution in [2.24, 2.45) is 0 Å². The number of fused-ring (bicyclic) bond motifs is 2. The molecule has 150 valence electrons. The van der Waals surface area contributed by atoms with E-state index >= 15 is 0 Å². The number of hydrogen-bond acceptors (Lipinski definition) is 4. The van der Waals surface area contributed by atoms with E-state index in [1.807, 2.05) is 42.5 Å². The maximum absolute atomic E-state index is 12.7. The topological polar surface area (TPSA) is 77.4 Å². The summed E-state index contributed by atoms with van der Waals surface area (Å²) in [6.07, 6.45) is 0. The number of amides is 1. The molecule has 0 aliphatic heterocycles. The van der Waals surface area contributed by atoms with E-state index in [2.05, 4.69) is 5.32 Å². The number of hydrogen-bond donors (Lipinski definition) is 1. The van der Waals surface area contributed by atoms with Gasteiger partial charge in [0.05, 0.1) is 11.0 Å². The minimum Gasteiger partial charge on any atom is -0.454 e. The smallest absolute Gasteiger partial charge is 0.326 e. The molecule has 0 atom stereocenters. The number of aromatic nitrogens is 1. The van der Waals surface area contributed by atoms with Crippen LogP contribution >= 0.6 is 0 Å². The van der Waals surface area contributed by atoms with Crippen LogP contribution in [0.5, 0.6) is 0 Å². The zero-order chi connectivity index (χ0) is 20.9. The summed E-state index contributed by atoms with van der Waals surface area (Å²) < 4.78 is 6.92. The number of para-hydroxylation sites is 2. The van der Waals surface area contributed by atoms with E-state index < -0.39 is 5.97 Å². The second-order valence-electron chi connectivity index (χ2n) is 6.87. The van der Waals surface area contributed by atoms with Crippen molar-refractivity contribution in [1.82, 2.24) is 9.88 Å². The fraction of sp³-hybridized carbons (Fsp3) is 0.125. The molecule has 1 amide bonds. The van der Waals surface area contributed by atoms with Gasteiger partial charge in [0.15, 0.2) is 12.0 Å². The number of rotatable bonds is 6. The molecular weight excluding hydrogens is 380 g/mol. The predicted octanol–water partition coefficient (Wildman–Crippen LogP) is 3.01. The molecule has 0 fully saturated rings. The van der Waals surface area contributed by atoms with Gasteiger partial charge in [-0.2, -0.15) is 0 Å². The highest BCUT2D eigenvalue weighted by Gasteiger charge is 2.14. The Morgan fingerprint density at radius 3 is 2.00 bits per heavy atom. The second kappa shape index (κ2) is 8.61. The number of nitrogens with zero attached hydrogens (tertiary/aromatic N) is 1. The molecule has 0 bridgehead atoms. The van der Waals surface area contributed by atoms with Crippen LogP contribution in [-0.4, -0.2) is 23.1 Å². The van der Waals surface area contributed by atoms with Crippen LogP contribution in [0.25, 0.3) is 21.8 Å². The summed E-state index contributed by atoms with van der Waals surface area (Å²) in [7, 11) is 0. The van der Waals surface area contributed by atoms with Crippen LogP contribution in [0.3, 0.4) is 0 Å². The number of pyridine rings is 1. The first kappa shape index (κ1) is 19.4. The number of benzene rings is 3. The van der Waals surface area contributed by atoms with E-state index in [1.165, 1.54) is 0 Å². The van der Waals surface area contributed by atoms with Crippen molar-refractivity contribution in [2.75, 3.05) is 6.61 Å². The average molecular weight is 400 g/mol. The summed E-state index contributed by atoms with van der Waals surface area (Å²) in [6.45, 7) is -0.0960. The number of carbonyl (C=O) groups excluding carboxylic acids is 2. The number of nitrogens with one attached hydrogen (secondary N) is 1. The molecule has 0 aliphatic carbocycles. The first-order valence-electron chi connectivity index (χ1n) is 9.60. The third kappa shape index (κ3) is 4.07. The van der Waals surface area contributed by atoms with E-state index in [0.29, 0.717) is 28.4 Å². The Kier molecular flexibility index (Phi) is 5.57. The van der Waals surface area contributed by atoms with Crippen molar-refractivity contribution in [3.63, 3.8) is 0 Å². The van der Waals surface area contributed by atoms with Gasteiger partial charge in [-0.1, -0.05) is 54.6 Å². The fourth-order valence-corrected chi connectivity index (χ4v) is 3.42. The molecule has 3 aromatic carbocycles. The Morgan fingerprint density at radius 2 is 1.37 bits per heavy atom. The summed E-state index contributed by atoms with van der Waals surface area (Å²) >= 11 is 0. The average Bonchev–Trinajstić information content (AvgIpc) is 2.80. The summed E-state index contributed by atoms with van der Waals surface area (Å²) in [5.74, 6) is -0.925. The van der Waals surface area contributed by atoms with Crippen molar-refractivity contribution in [3.8, 4) is 0 Å². The quantitative estimate of drug-likeness (QED) is 0.399. The molecule has 0 aliphatic rings. The zero-order valence-corrected chi connectivity index (χ0v) is 16.2. The lowest BCUT2D eigenvalue weighted by molar-refractivity contribution is -0.149. The standard InChI is InChI=1S/C24H20N2O4/c27-22(25-14-17-8-2-1-3-9-17)16-30-23(28)15-26-20-12-6-4-10-18(20)24(29)19-11-5-7-13-21(19)26/h1-13H,14-16H2,(H,25,27). The normalized spacial score (nSPS) is 10.8. The highest BCUT2D eigenvalue weighted by atomic mass is 16.5. The third-order valence-corrected chi connectivity index (χ3v) is 4.86. The highest BCUT2D eigenvalue weighted by Crippen LogP contribution is 2.19. The zero-order valence-electron chi connectivity index (χ0n) is 16.2. The molecule has 1 aromatic heterocycles. The van der Waals surface area contributed by atoms with E-state index in [9.17, 15) is 14.4 Å². The molecule has 4 aromatic rings. The van der Waals surface area contributed by atoms with Crippen LogP contribution in [0.1, 0.15) is 5.56 Å². The molecule has 4 rings (SSSR count). The lowest BCUT2D eigenvalue weighted by Gasteiger charge is -2.14. The lowest BCUT2D eigenvalue weighted by atomic mass is 10.1. The van der Waals surface area contributed by atoms with E-state index in [-0.39, 0.29) is 24.5 Å². The van der Waals surface area contributed by atoms with Gasteiger partial charge >= 0.3 is 5.97 Å². The minimum absolute atomic E-state index is 0.0777. The van der Waals surface area contributed by atoms with Crippen LogP contribution in [-0.2, 0) is 27.4 Å². The number of ether oxygens (including phenoxy) is 1. The first-order valence-corrected chi connectivity index (χ1v) is 9.60. The third-order valence-electron chi connectivity index (χ3n) is 4.86. The van der Waals surface area contributed by atoms with E-state index in [0.717, 1.165) is 5.56 Å². The second-order valence-corrected chi connectivity index (χ2v) is 6.87. The Balaban J connectivity index is 1.48. The summed E-state index contributed by atoms with van der Waals surface area (Å²) in [5.41, 5.74) is 2.17. The van der Waals surface area contributed by atoms with Gasteiger partial charge in [-0.25, -0.2) is 0 Å². The Labute approximate surface area is 172 Å². The molecule has 6 nitrogen and oxygen atoms in total. The van der Waals surface area contributed by atoms with Crippen LogP contribution < -0.4 is 10.7 Å². The summed E-state index contributed by atoms with van der Waals surface area (Å²) in [6, 6.07) is 23.8. The van der Waals surface area contributed by atoms with Gasteiger partial charge in [-0.3, -0.25) is 14.4 Å². The molecule has 30 heavy (non-hydrogen) atoms. The molecule has 0 saturated carbocycles. The van der Waals surface area contributed by atoms with Crippen molar-refractivity contribution in [1.29, 1.82) is 0 Å². The number of carbonyl (C=O) groups is 2. The molecule has 1 N–H and O–H groups in total. The van der Waals surface area contributed by atoms with Crippen molar-refractivity contribution < 1.29 is 14.3 Å². The molecule has 1 heterocycles. The van der Waals surface area contributed by atoms with Gasteiger partial charge in [0.2, 0.25) is 0 Å². The molecule has 0 spiro atoms. The minimum atomic E-state index is -0.552.